The molecule has 2 aromatic rings. The lowest BCUT2D eigenvalue weighted by Gasteiger charge is -2.50. The molecule has 2 unspecified atom stereocenters. The number of benzene rings is 2. The van der Waals surface area contributed by atoms with Gasteiger partial charge in [0, 0.05) is 70.3 Å². The highest BCUT2D eigenvalue weighted by atomic mass is 16.6. The van der Waals surface area contributed by atoms with Crippen molar-refractivity contribution >= 4 is 17.3 Å². The van der Waals surface area contributed by atoms with E-state index in [1.165, 1.54) is 40.1 Å². The standard InChI is InChI=1S/C26H36N2O3.C11H16N2/c1-18-7-4-5-9-21(18)28-15-13-27(14-16-28)17-20-24(29)31-23-22-19(2)8-6-10-25(22,3)11-12-26(20,23)30;1-10-4-2-3-5-11(10)13-8-6-12-7-9-13/h4-5,7,9,20,23,30H,6,8,10-17H2,1-3H3;2-5,12H,6-9H2,1H3/t20?,23-,25+,26?;/m0./s1. The Labute approximate surface area is 264 Å². The largest absolute Gasteiger partial charge is 0.454 e. The van der Waals surface area contributed by atoms with Crippen molar-refractivity contribution in [1.82, 2.24) is 10.2 Å². The summed E-state index contributed by atoms with van der Waals surface area (Å²) >= 11 is 0. The number of nitrogens with one attached hydrogen (secondary N) is 1. The van der Waals surface area contributed by atoms with Gasteiger partial charge in [-0.15, -0.1) is 0 Å². The Kier molecular flexibility index (Phi) is 9.10. The molecule has 238 valence electrons. The number of rotatable bonds is 4. The molecule has 2 aromatic carbocycles. The number of nitrogens with zero attached hydrogens (tertiary/aromatic N) is 3. The van der Waals surface area contributed by atoms with Crippen LogP contribution >= 0.6 is 0 Å². The van der Waals surface area contributed by atoms with Crippen molar-refractivity contribution in [2.45, 2.75) is 71.5 Å². The van der Waals surface area contributed by atoms with Gasteiger partial charge in [-0.3, -0.25) is 9.69 Å². The van der Waals surface area contributed by atoms with Crippen molar-refractivity contribution < 1.29 is 14.6 Å². The average molecular weight is 601 g/mol. The van der Waals surface area contributed by atoms with Crippen molar-refractivity contribution in [1.29, 1.82) is 0 Å². The van der Waals surface area contributed by atoms with Crippen LogP contribution in [-0.4, -0.2) is 86.6 Å². The molecule has 7 heteroatoms. The number of para-hydroxylation sites is 2. The second kappa shape index (κ2) is 12.9. The first-order valence-corrected chi connectivity index (χ1v) is 16.9. The minimum atomic E-state index is -1.06. The molecule has 2 aliphatic carbocycles. The number of hydrogen-bond acceptors (Lipinski definition) is 7. The third kappa shape index (κ3) is 6.03. The molecule has 0 aromatic heterocycles. The van der Waals surface area contributed by atoms with E-state index in [0.717, 1.165) is 71.6 Å². The summed E-state index contributed by atoms with van der Waals surface area (Å²) in [6.45, 7) is 17.6. The van der Waals surface area contributed by atoms with Crippen LogP contribution in [0.4, 0.5) is 11.4 Å². The number of carbonyl (C=O) groups excluding carboxylic acids is 1. The van der Waals surface area contributed by atoms with Gasteiger partial charge in [0.15, 0.2) is 6.10 Å². The number of esters is 1. The molecular formula is C37H52N4O3. The summed E-state index contributed by atoms with van der Waals surface area (Å²) in [6, 6.07) is 17.1. The van der Waals surface area contributed by atoms with Crippen LogP contribution in [0.15, 0.2) is 59.7 Å². The second-order valence-electron chi connectivity index (χ2n) is 14.1. The van der Waals surface area contributed by atoms with Gasteiger partial charge in [-0.05, 0) is 87.1 Å². The van der Waals surface area contributed by atoms with Crippen LogP contribution in [0.3, 0.4) is 0 Å². The minimum Gasteiger partial charge on any atom is -0.454 e. The van der Waals surface area contributed by atoms with E-state index in [1.807, 2.05) is 0 Å². The Balaban J connectivity index is 0.000000220. The number of piperazine rings is 2. The molecule has 3 aliphatic heterocycles. The zero-order valence-corrected chi connectivity index (χ0v) is 27.3. The predicted octanol–water partition coefficient (Wildman–Crippen LogP) is 5.09. The van der Waals surface area contributed by atoms with Crippen LogP contribution in [0.2, 0.25) is 0 Å². The van der Waals surface area contributed by atoms with Gasteiger partial charge in [-0.1, -0.05) is 48.9 Å². The fourth-order valence-corrected chi connectivity index (χ4v) is 8.51. The molecule has 5 aliphatic rings. The molecule has 7 rings (SSSR count). The van der Waals surface area contributed by atoms with E-state index in [0.29, 0.717) is 13.0 Å². The van der Waals surface area contributed by atoms with E-state index in [9.17, 15) is 9.90 Å². The van der Waals surface area contributed by atoms with Gasteiger partial charge in [0.2, 0.25) is 0 Å². The normalized spacial score (nSPS) is 30.7. The maximum atomic E-state index is 13.0. The van der Waals surface area contributed by atoms with Gasteiger partial charge in [0.05, 0.1) is 0 Å². The number of anilines is 2. The fraction of sp³-hybridized carbons (Fsp3) is 0.595. The average Bonchev–Trinajstić information content (AvgIpc) is 3.27. The number of aryl methyl sites for hydroxylation is 2. The third-order valence-corrected chi connectivity index (χ3v) is 11.1. The van der Waals surface area contributed by atoms with Crippen LogP contribution in [-0.2, 0) is 9.53 Å². The van der Waals surface area contributed by atoms with Crippen molar-refractivity contribution in [3.05, 3.63) is 70.8 Å². The molecule has 4 atom stereocenters. The zero-order valence-electron chi connectivity index (χ0n) is 27.3. The van der Waals surface area contributed by atoms with E-state index >= 15 is 0 Å². The molecule has 0 radical (unpaired) electrons. The van der Waals surface area contributed by atoms with Gasteiger partial charge in [-0.25, -0.2) is 0 Å². The van der Waals surface area contributed by atoms with Crippen LogP contribution in [0.5, 0.6) is 0 Å². The molecule has 7 nitrogen and oxygen atoms in total. The highest BCUT2D eigenvalue weighted by Crippen LogP contribution is 2.57. The number of aliphatic hydroxyl groups is 1. The maximum absolute atomic E-state index is 13.0. The van der Waals surface area contributed by atoms with Gasteiger partial charge < -0.3 is 25.0 Å². The number of allylic oxidation sites excluding steroid dienone is 1. The Morgan fingerprint density at radius 2 is 1.43 bits per heavy atom. The summed E-state index contributed by atoms with van der Waals surface area (Å²) in [4.78, 5) is 20.2. The van der Waals surface area contributed by atoms with E-state index in [-0.39, 0.29) is 11.4 Å². The minimum absolute atomic E-state index is 0.0770. The van der Waals surface area contributed by atoms with E-state index in [4.69, 9.17) is 4.74 Å². The summed E-state index contributed by atoms with van der Waals surface area (Å²) in [6.07, 6.45) is 4.54. The lowest BCUT2D eigenvalue weighted by Crippen LogP contribution is -2.56. The molecule has 3 saturated heterocycles. The molecule has 44 heavy (non-hydrogen) atoms. The predicted molar refractivity (Wildman–Crippen MR) is 178 cm³/mol. The van der Waals surface area contributed by atoms with E-state index in [1.54, 1.807) is 0 Å². The van der Waals surface area contributed by atoms with Crippen molar-refractivity contribution in [3.8, 4) is 0 Å². The first-order valence-electron chi connectivity index (χ1n) is 16.9. The SMILES string of the molecule is CC1=C2[C@@H]3OC(=O)C(CN4CCN(c5ccccc5C)CC4)C3(O)CC[C@@]2(C)CCC1.Cc1ccccc1N1CCNCC1. The van der Waals surface area contributed by atoms with Crippen LogP contribution in [0.25, 0.3) is 0 Å². The quantitative estimate of drug-likeness (QED) is 0.374. The summed E-state index contributed by atoms with van der Waals surface area (Å²) in [7, 11) is 0. The molecule has 0 spiro atoms. The van der Waals surface area contributed by atoms with Gasteiger partial charge >= 0.3 is 5.97 Å². The summed E-state index contributed by atoms with van der Waals surface area (Å²) in [5, 5.41) is 15.2. The van der Waals surface area contributed by atoms with E-state index < -0.39 is 17.6 Å². The van der Waals surface area contributed by atoms with Gasteiger partial charge in [0.25, 0.3) is 0 Å². The Morgan fingerprint density at radius 1 is 0.841 bits per heavy atom. The fourth-order valence-electron chi connectivity index (χ4n) is 8.51. The van der Waals surface area contributed by atoms with Crippen LogP contribution < -0.4 is 15.1 Å². The molecule has 3 heterocycles. The first-order chi connectivity index (χ1) is 21.2. The van der Waals surface area contributed by atoms with Crippen LogP contribution in [0, 0.1) is 25.2 Å². The van der Waals surface area contributed by atoms with Crippen LogP contribution in [0.1, 0.15) is 57.1 Å². The lowest BCUT2D eigenvalue weighted by atomic mass is 9.58. The molecular weight excluding hydrogens is 548 g/mol. The number of carbonyl (C=O) groups is 1. The number of hydrogen-bond donors (Lipinski definition) is 2. The van der Waals surface area contributed by atoms with Gasteiger partial charge in [0.1, 0.15) is 11.5 Å². The number of fused-ring (bicyclic) bond motifs is 3. The molecule has 1 saturated carbocycles. The smallest absolute Gasteiger partial charge is 0.314 e. The molecule has 0 amide bonds. The van der Waals surface area contributed by atoms with Gasteiger partial charge in [-0.2, -0.15) is 0 Å². The topological polar surface area (TPSA) is 68.3 Å². The molecule has 4 fully saturated rings. The summed E-state index contributed by atoms with van der Waals surface area (Å²) in [5.41, 5.74) is 6.95. The Hall–Kier alpha value is -2.87. The second-order valence-corrected chi connectivity index (χ2v) is 14.1. The number of ether oxygens (including phenoxy) is 1. The maximum Gasteiger partial charge on any atom is 0.314 e. The molecule has 2 N–H and O–H groups in total. The zero-order chi connectivity index (χ0) is 30.9. The highest BCUT2D eigenvalue weighted by molar-refractivity contribution is 5.78. The first kappa shape index (κ1) is 31.1. The monoisotopic (exact) mass is 600 g/mol. The van der Waals surface area contributed by atoms with Crippen molar-refractivity contribution in [2.75, 3.05) is 68.7 Å². The Bertz CT molecular complexity index is 1360. The highest BCUT2D eigenvalue weighted by Gasteiger charge is 2.63. The summed E-state index contributed by atoms with van der Waals surface area (Å²) < 4.78 is 5.95. The third-order valence-electron chi connectivity index (χ3n) is 11.1. The Morgan fingerprint density at radius 3 is 2.05 bits per heavy atom. The summed E-state index contributed by atoms with van der Waals surface area (Å²) in [5.74, 6) is -0.654. The van der Waals surface area contributed by atoms with Crippen molar-refractivity contribution in [3.63, 3.8) is 0 Å². The van der Waals surface area contributed by atoms with Crippen molar-refractivity contribution in [2.24, 2.45) is 11.3 Å². The molecule has 0 bridgehead atoms. The lowest BCUT2D eigenvalue weighted by molar-refractivity contribution is -0.144. The van der Waals surface area contributed by atoms with E-state index in [2.05, 4.69) is 96.2 Å².